The number of carbonyl (C=O) groups is 2. The lowest BCUT2D eigenvalue weighted by atomic mass is 9.87. The van der Waals surface area contributed by atoms with Gasteiger partial charge in [-0.1, -0.05) is 38.1 Å². The predicted octanol–water partition coefficient (Wildman–Crippen LogP) is 4.62. The topological polar surface area (TPSA) is 61.4 Å². The van der Waals surface area contributed by atoms with Crippen LogP contribution < -0.4 is 10.6 Å². The summed E-state index contributed by atoms with van der Waals surface area (Å²) in [5, 5.41) is 6.23. The van der Waals surface area contributed by atoms with Crippen molar-refractivity contribution in [3.8, 4) is 0 Å². The third-order valence-electron chi connectivity index (χ3n) is 6.76. The lowest BCUT2D eigenvalue weighted by Gasteiger charge is -2.33. The van der Waals surface area contributed by atoms with Crippen LogP contribution in [0.25, 0.3) is 0 Å². The summed E-state index contributed by atoms with van der Waals surface area (Å²) in [6, 6.07) is 12.4. The molecule has 1 saturated heterocycles. The number of hydrogen-bond acceptors (Lipinski definition) is 3. The maximum Gasteiger partial charge on any atom is 0.237 e. The van der Waals surface area contributed by atoms with Crippen LogP contribution in [0.2, 0.25) is 0 Å². The molecule has 1 aliphatic rings. The van der Waals surface area contributed by atoms with Crippen LogP contribution in [-0.2, 0) is 9.59 Å². The van der Waals surface area contributed by atoms with Gasteiger partial charge in [0.25, 0.3) is 0 Å². The second-order valence-corrected chi connectivity index (χ2v) is 9.83. The Kier molecular flexibility index (Phi) is 9.78. The van der Waals surface area contributed by atoms with Crippen LogP contribution >= 0.6 is 0 Å². The highest BCUT2D eigenvalue weighted by atomic mass is 19.1. The Hall–Kier alpha value is -2.80. The molecule has 2 N–H and O–H groups in total. The molecule has 0 aromatic heterocycles. The lowest BCUT2D eigenvalue weighted by Crippen LogP contribution is -2.51. The molecule has 2 aromatic rings. The zero-order chi connectivity index (χ0) is 25.4. The summed E-state index contributed by atoms with van der Waals surface area (Å²) in [6.07, 6.45) is 3.13. The highest BCUT2D eigenvalue weighted by Gasteiger charge is 2.27. The number of nitrogens with zero attached hydrogens (tertiary/aromatic N) is 1. The maximum absolute atomic E-state index is 13.5. The van der Waals surface area contributed by atoms with Crippen molar-refractivity contribution in [2.45, 2.75) is 64.0 Å². The molecular formula is C28H37F2N3O2. The summed E-state index contributed by atoms with van der Waals surface area (Å²) in [4.78, 5) is 27.4. The average molecular weight is 486 g/mol. The molecule has 2 aromatic carbocycles. The molecule has 7 heteroatoms. The Morgan fingerprint density at radius 3 is 1.91 bits per heavy atom. The number of benzene rings is 2. The van der Waals surface area contributed by atoms with Crippen molar-refractivity contribution < 1.29 is 18.4 Å². The minimum Gasteiger partial charge on any atom is -0.352 e. The molecule has 2 amide bonds. The van der Waals surface area contributed by atoms with Gasteiger partial charge in [0.1, 0.15) is 11.6 Å². The van der Waals surface area contributed by atoms with E-state index in [1.807, 2.05) is 4.90 Å². The third kappa shape index (κ3) is 7.85. The van der Waals surface area contributed by atoms with Crippen LogP contribution in [0.5, 0.6) is 0 Å². The first kappa shape index (κ1) is 26.8. The Morgan fingerprint density at radius 2 is 1.46 bits per heavy atom. The average Bonchev–Trinajstić information content (AvgIpc) is 2.84. The van der Waals surface area contributed by atoms with E-state index in [-0.39, 0.29) is 41.5 Å². The van der Waals surface area contributed by atoms with E-state index in [9.17, 15) is 18.4 Å². The summed E-state index contributed by atoms with van der Waals surface area (Å²) in [7, 11) is 1.80. The lowest BCUT2D eigenvalue weighted by molar-refractivity contribution is -0.132. The molecule has 35 heavy (non-hydrogen) atoms. The van der Waals surface area contributed by atoms with Gasteiger partial charge >= 0.3 is 0 Å². The second-order valence-electron chi connectivity index (χ2n) is 9.83. The zero-order valence-electron chi connectivity index (χ0n) is 20.9. The van der Waals surface area contributed by atoms with E-state index in [4.69, 9.17) is 0 Å². The van der Waals surface area contributed by atoms with Gasteiger partial charge in [0.05, 0.1) is 6.04 Å². The third-order valence-corrected chi connectivity index (χ3v) is 6.76. The fourth-order valence-electron chi connectivity index (χ4n) is 4.74. The normalized spacial score (nSPS) is 15.5. The summed E-state index contributed by atoms with van der Waals surface area (Å²) in [5.41, 5.74) is 1.79. The molecule has 3 rings (SSSR count). The molecule has 0 spiro atoms. The van der Waals surface area contributed by atoms with Gasteiger partial charge < -0.3 is 15.5 Å². The number of rotatable bonds is 10. The van der Waals surface area contributed by atoms with Gasteiger partial charge in [-0.05, 0) is 74.0 Å². The molecule has 0 unspecified atom stereocenters. The number of likely N-dealkylation sites (tertiary alicyclic amines) is 1. The van der Waals surface area contributed by atoms with E-state index in [2.05, 4.69) is 24.5 Å². The molecular weight excluding hydrogens is 448 g/mol. The van der Waals surface area contributed by atoms with Gasteiger partial charge in [0.2, 0.25) is 11.8 Å². The highest BCUT2D eigenvalue weighted by molar-refractivity contribution is 5.82. The van der Waals surface area contributed by atoms with Crippen molar-refractivity contribution in [2.75, 3.05) is 20.1 Å². The van der Waals surface area contributed by atoms with Gasteiger partial charge in [-0.25, -0.2) is 8.78 Å². The Labute approximate surface area is 207 Å². The number of nitrogens with one attached hydrogen (secondary N) is 2. The summed E-state index contributed by atoms with van der Waals surface area (Å²) in [5.74, 6) is -0.252. The molecule has 0 saturated carbocycles. The van der Waals surface area contributed by atoms with Gasteiger partial charge in [0, 0.05) is 31.5 Å². The Balaban J connectivity index is 1.54. The second kappa shape index (κ2) is 12.8. The summed E-state index contributed by atoms with van der Waals surface area (Å²) < 4.78 is 26.9. The van der Waals surface area contributed by atoms with Crippen molar-refractivity contribution in [2.24, 2.45) is 5.92 Å². The van der Waals surface area contributed by atoms with E-state index < -0.39 is 0 Å². The predicted molar refractivity (Wildman–Crippen MR) is 134 cm³/mol. The molecule has 1 aliphatic heterocycles. The highest BCUT2D eigenvalue weighted by Crippen LogP contribution is 2.30. The number of piperidine rings is 1. The van der Waals surface area contributed by atoms with E-state index >= 15 is 0 Å². The molecule has 190 valence electrons. The van der Waals surface area contributed by atoms with Crippen molar-refractivity contribution in [3.05, 3.63) is 71.3 Å². The first-order valence-corrected chi connectivity index (χ1v) is 12.5. The smallest absolute Gasteiger partial charge is 0.237 e. The SMILES string of the molecule is CN[C@@H](CC(C)C)C(=O)NC1CCN(C(=O)CCC(c2ccc(F)cc2)c2ccc(F)cc2)CC1. The zero-order valence-corrected chi connectivity index (χ0v) is 20.9. The van der Waals surface area contributed by atoms with Gasteiger partial charge in [-0.3, -0.25) is 9.59 Å². The van der Waals surface area contributed by atoms with Crippen molar-refractivity contribution in [1.29, 1.82) is 0 Å². The number of halogens is 2. The van der Waals surface area contributed by atoms with E-state index in [0.717, 1.165) is 30.4 Å². The van der Waals surface area contributed by atoms with Crippen LogP contribution in [0.15, 0.2) is 48.5 Å². The molecule has 0 bridgehead atoms. The number of likely N-dealkylation sites (N-methyl/N-ethyl adjacent to an activating group) is 1. The number of carbonyl (C=O) groups excluding carboxylic acids is 2. The first-order valence-electron chi connectivity index (χ1n) is 12.5. The maximum atomic E-state index is 13.5. The van der Waals surface area contributed by atoms with E-state index in [1.165, 1.54) is 24.3 Å². The van der Waals surface area contributed by atoms with Gasteiger partial charge in [-0.15, -0.1) is 0 Å². The standard InChI is InChI=1S/C28H37F2N3O2/c1-19(2)18-26(31-3)28(35)32-24-14-16-33(17-15-24)27(34)13-12-25(20-4-8-22(29)9-5-20)21-6-10-23(30)11-7-21/h4-11,19,24-26,31H,12-18H2,1-3H3,(H,32,35)/t26-/m0/s1. The van der Waals surface area contributed by atoms with Crippen molar-refractivity contribution in [3.63, 3.8) is 0 Å². The van der Waals surface area contributed by atoms with Gasteiger partial charge in [-0.2, -0.15) is 0 Å². The van der Waals surface area contributed by atoms with E-state index in [1.54, 1.807) is 31.3 Å². The van der Waals surface area contributed by atoms with Crippen LogP contribution in [0.1, 0.15) is 63.0 Å². The monoisotopic (exact) mass is 485 g/mol. The molecule has 5 nitrogen and oxygen atoms in total. The van der Waals surface area contributed by atoms with Gasteiger partial charge in [0.15, 0.2) is 0 Å². The van der Waals surface area contributed by atoms with Crippen LogP contribution in [0.3, 0.4) is 0 Å². The number of amides is 2. The first-order chi connectivity index (χ1) is 16.8. The Morgan fingerprint density at radius 1 is 0.943 bits per heavy atom. The summed E-state index contributed by atoms with van der Waals surface area (Å²) >= 11 is 0. The van der Waals surface area contributed by atoms with E-state index in [0.29, 0.717) is 31.8 Å². The van der Waals surface area contributed by atoms with Crippen LogP contribution in [-0.4, -0.2) is 48.9 Å². The quantitative estimate of drug-likeness (QED) is 0.516. The van der Waals surface area contributed by atoms with Crippen LogP contribution in [0, 0.1) is 17.6 Å². The Bertz CT molecular complexity index is 910. The molecule has 0 aliphatic carbocycles. The van der Waals surface area contributed by atoms with Crippen LogP contribution in [0.4, 0.5) is 8.78 Å². The van der Waals surface area contributed by atoms with Crippen molar-refractivity contribution in [1.82, 2.24) is 15.5 Å². The molecule has 1 atom stereocenters. The minimum absolute atomic E-state index is 0.0208. The molecule has 1 heterocycles. The largest absolute Gasteiger partial charge is 0.352 e. The van der Waals surface area contributed by atoms with Crippen molar-refractivity contribution >= 4 is 11.8 Å². The molecule has 0 radical (unpaired) electrons. The fourth-order valence-corrected chi connectivity index (χ4v) is 4.74. The number of hydrogen-bond donors (Lipinski definition) is 2. The summed E-state index contributed by atoms with van der Waals surface area (Å²) in [6.45, 7) is 5.41. The fraction of sp³-hybridized carbons (Fsp3) is 0.500. The minimum atomic E-state index is -0.317. The molecule has 1 fully saturated rings.